The third-order valence-electron chi connectivity index (χ3n) is 3.68. The summed E-state index contributed by atoms with van der Waals surface area (Å²) in [4.78, 5) is 27.9. The number of methoxy groups -OCH3 is 1. The lowest BCUT2D eigenvalue weighted by atomic mass is 10.1. The van der Waals surface area contributed by atoms with E-state index in [-0.39, 0.29) is 5.57 Å². The molecule has 3 aromatic rings. The molecule has 0 bridgehead atoms. The normalized spacial score (nSPS) is 11.0. The molecule has 29 heavy (non-hydrogen) atoms. The second kappa shape index (κ2) is 9.18. The summed E-state index contributed by atoms with van der Waals surface area (Å²) in [5.74, 6) is -0.161. The number of rotatable bonds is 6. The van der Waals surface area contributed by atoms with Crippen LogP contribution < -0.4 is 5.32 Å². The molecule has 0 spiro atoms. The van der Waals surface area contributed by atoms with Crippen LogP contribution in [0.25, 0.3) is 17.4 Å². The van der Waals surface area contributed by atoms with Gasteiger partial charge in [-0.3, -0.25) is 10.1 Å². The van der Waals surface area contributed by atoms with Crippen molar-refractivity contribution in [3.8, 4) is 17.4 Å². The van der Waals surface area contributed by atoms with Gasteiger partial charge < -0.3 is 9.15 Å². The number of ether oxygens (including phenoxy) is 1. The first kappa shape index (κ1) is 20.3. The Balaban J connectivity index is 1.75. The van der Waals surface area contributed by atoms with Crippen molar-refractivity contribution in [2.75, 3.05) is 18.7 Å². The summed E-state index contributed by atoms with van der Waals surface area (Å²) in [6.07, 6.45) is 3.17. The van der Waals surface area contributed by atoms with E-state index in [2.05, 4.69) is 19.4 Å². The summed E-state index contributed by atoms with van der Waals surface area (Å²) in [6, 6.07) is 11.9. The maximum Gasteiger partial charge on any atom is 0.337 e. The number of nitrogens with one attached hydrogen (secondary N) is 1. The number of thioether (sulfide) groups is 1. The average Bonchev–Trinajstić information content (AvgIpc) is 3.40. The lowest BCUT2D eigenvalue weighted by Gasteiger charge is -2.01. The molecule has 10 heteroatoms. The average molecular weight is 426 g/mol. The van der Waals surface area contributed by atoms with Crippen molar-refractivity contribution in [1.82, 2.24) is 9.36 Å². The van der Waals surface area contributed by atoms with Gasteiger partial charge >= 0.3 is 5.97 Å². The molecule has 1 N–H and O–H groups in total. The third kappa shape index (κ3) is 4.90. The monoisotopic (exact) mass is 426 g/mol. The van der Waals surface area contributed by atoms with Gasteiger partial charge in [-0.1, -0.05) is 23.9 Å². The molecule has 8 nitrogen and oxygen atoms in total. The third-order valence-corrected chi connectivity index (χ3v) is 4.97. The van der Waals surface area contributed by atoms with Crippen molar-refractivity contribution in [3.05, 3.63) is 53.3 Å². The Kier molecular flexibility index (Phi) is 6.43. The molecular formula is C19H14N4O4S2. The van der Waals surface area contributed by atoms with E-state index in [1.54, 1.807) is 36.4 Å². The fraction of sp³-hybridized carbons (Fsp3) is 0.105. The van der Waals surface area contributed by atoms with Crippen molar-refractivity contribution >= 4 is 46.4 Å². The van der Waals surface area contributed by atoms with Gasteiger partial charge in [0.1, 0.15) is 23.2 Å². The summed E-state index contributed by atoms with van der Waals surface area (Å²) in [6.45, 7) is 0. The summed E-state index contributed by atoms with van der Waals surface area (Å²) < 4.78 is 14.4. The molecule has 0 unspecified atom stereocenters. The number of nitrogens with zero attached hydrogens (tertiary/aromatic N) is 3. The highest BCUT2D eigenvalue weighted by Gasteiger charge is 2.14. The predicted molar refractivity (Wildman–Crippen MR) is 109 cm³/mol. The lowest BCUT2D eigenvalue weighted by molar-refractivity contribution is -0.112. The molecular weight excluding hydrogens is 412 g/mol. The molecule has 3 rings (SSSR count). The van der Waals surface area contributed by atoms with Gasteiger partial charge in [-0.05, 0) is 30.5 Å². The van der Waals surface area contributed by atoms with Crippen molar-refractivity contribution < 1.29 is 18.7 Å². The molecule has 2 aromatic heterocycles. The Morgan fingerprint density at radius 3 is 2.66 bits per heavy atom. The highest BCUT2D eigenvalue weighted by Crippen LogP contribution is 2.24. The second-order valence-electron chi connectivity index (χ2n) is 5.48. The minimum atomic E-state index is -0.600. The van der Waals surface area contributed by atoms with Crippen molar-refractivity contribution in [1.29, 1.82) is 5.26 Å². The number of anilines is 1. The van der Waals surface area contributed by atoms with Crippen LogP contribution in [0.1, 0.15) is 16.1 Å². The van der Waals surface area contributed by atoms with Crippen LogP contribution in [0.5, 0.6) is 0 Å². The van der Waals surface area contributed by atoms with Gasteiger partial charge in [0.25, 0.3) is 5.91 Å². The van der Waals surface area contributed by atoms with Gasteiger partial charge in [-0.25, -0.2) is 4.79 Å². The molecule has 0 aliphatic rings. The van der Waals surface area contributed by atoms with Gasteiger partial charge in [0, 0.05) is 23.2 Å². The number of hydrogen-bond donors (Lipinski definition) is 1. The number of esters is 1. The number of benzene rings is 1. The zero-order chi connectivity index (χ0) is 20.8. The number of furan rings is 1. The van der Waals surface area contributed by atoms with Crippen molar-refractivity contribution in [2.45, 2.75) is 5.16 Å². The molecule has 0 saturated carbocycles. The summed E-state index contributed by atoms with van der Waals surface area (Å²) in [5.41, 5.74) is 1.03. The van der Waals surface area contributed by atoms with Crippen LogP contribution in [0.4, 0.5) is 5.13 Å². The number of carbonyl (C=O) groups excluding carboxylic acids is 2. The Labute approximate surface area is 174 Å². The quantitative estimate of drug-likeness (QED) is 0.273. The number of amides is 1. The van der Waals surface area contributed by atoms with E-state index >= 15 is 0 Å². The van der Waals surface area contributed by atoms with Gasteiger partial charge in [0.15, 0.2) is 0 Å². The first-order valence-corrected chi connectivity index (χ1v) is 10.1. The van der Waals surface area contributed by atoms with E-state index in [9.17, 15) is 14.9 Å². The summed E-state index contributed by atoms with van der Waals surface area (Å²) >= 11 is 2.39. The van der Waals surface area contributed by atoms with Gasteiger partial charge in [-0.15, -0.1) is 0 Å². The molecule has 1 aromatic carbocycles. The van der Waals surface area contributed by atoms with E-state index in [4.69, 9.17) is 4.42 Å². The number of nitriles is 1. The Hall–Kier alpha value is -3.42. The molecule has 0 saturated heterocycles. The lowest BCUT2D eigenvalue weighted by Crippen LogP contribution is -2.13. The SMILES string of the molecule is COC(=O)c1ccc(-c2ccc(/C=C(/C#N)C(=O)Nc3nc(SC)ns3)o2)cc1. The molecule has 0 aliphatic carbocycles. The van der Waals surface area contributed by atoms with Crippen LogP contribution in [0.2, 0.25) is 0 Å². The standard InChI is InChI=1S/C19H14N4O4S2/c1-26-17(25)12-5-3-11(4-6-12)15-8-7-14(27-15)9-13(10-20)16(24)21-18-22-19(28-2)23-29-18/h3-9H,1-2H3,(H,21,22,23,24)/b13-9-. The van der Waals surface area contributed by atoms with Crippen LogP contribution in [-0.4, -0.2) is 34.6 Å². The summed E-state index contributed by atoms with van der Waals surface area (Å²) in [5, 5.41) is 12.7. The topological polar surface area (TPSA) is 118 Å². The van der Waals surface area contributed by atoms with Crippen LogP contribution in [-0.2, 0) is 9.53 Å². The van der Waals surface area contributed by atoms with Gasteiger partial charge in [0.2, 0.25) is 10.3 Å². The highest BCUT2D eigenvalue weighted by molar-refractivity contribution is 7.98. The smallest absolute Gasteiger partial charge is 0.337 e. The van der Waals surface area contributed by atoms with Crippen molar-refractivity contribution in [2.24, 2.45) is 0 Å². The Morgan fingerprint density at radius 1 is 1.28 bits per heavy atom. The van der Waals surface area contributed by atoms with Crippen LogP contribution >= 0.6 is 23.3 Å². The highest BCUT2D eigenvalue weighted by atomic mass is 32.2. The molecule has 0 radical (unpaired) electrons. The van der Waals surface area contributed by atoms with Gasteiger partial charge in [0.05, 0.1) is 12.7 Å². The van der Waals surface area contributed by atoms with Crippen LogP contribution in [0, 0.1) is 11.3 Å². The first-order valence-electron chi connectivity index (χ1n) is 8.13. The molecule has 0 fully saturated rings. The van der Waals surface area contributed by atoms with E-state index in [0.29, 0.717) is 27.4 Å². The fourth-order valence-electron chi connectivity index (χ4n) is 2.27. The zero-order valence-corrected chi connectivity index (χ0v) is 17.0. The number of aromatic nitrogens is 2. The minimum Gasteiger partial charge on any atom is -0.465 e. The van der Waals surface area contributed by atoms with Crippen molar-refractivity contribution in [3.63, 3.8) is 0 Å². The number of hydrogen-bond acceptors (Lipinski definition) is 9. The van der Waals surface area contributed by atoms with Gasteiger partial charge in [-0.2, -0.15) is 14.6 Å². The van der Waals surface area contributed by atoms with E-state index in [1.807, 2.05) is 12.3 Å². The Bertz CT molecular complexity index is 1110. The van der Waals surface area contributed by atoms with E-state index < -0.39 is 11.9 Å². The summed E-state index contributed by atoms with van der Waals surface area (Å²) in [7, 11) is 1.32. The maximum atomic E-state index is 12.3. The van der Waals surface area contributed by atoms with E-state index in [0.717, 1.165) is 17.1 Å². The molecule has 0 atom stereocenters. The molecule has 0 aliphatic heterocycles. The number of carbonyl (C=O) groups is 2. The van der Waals surface area contributed by atoms with Crippen LogP contribution in [0.15, 0.2) is 51.5 Å². The fourth-order valence-corrected chi connectivity index (χ4v) is 3.39. The predicted octanol–water partition coefficient (Wildman–Crippen LogP) is 3.85. The molecule has 2 heterocycles. The molecule has 1 amide bonds. The zero-order valence-electron chi connectivity index (χ0n) is 15.3. The minimum absolute atomic E-state index is 0.132. The maximum absolute atomic E-state index is 12.3. The molecule has 146 valence electrons. The largest absolute Gasteiger partial charge is 0.465 e. The first-order chi connectivity index (χ1) is 14.0. The van der Waals surface area contributed by atoms with Crippen LogP contribution in [0.3, 0.4) is 0 Å². The second-order valence-corrected chi connectivity index (χ2v) is 7.01. The van der Waals surface area contributed by atoms with E-state index in [1.165, 1.54) is 24.9 Å². The Morgan fingerprint density at radius 2 is 2.03 bits per heavy atom.